The first-order chi connectivity index (χ1) is 8.34. The molecule has 1 aromatic rings. The molecule has 1 rings (SSSR count). The molecular formula is C11H10BrF3OS2. The van der Waals surface area contributed by atoms with Crippen molar-refractivity contribution in [3.8, 4) is 0 Å². The van der Waals surface area contributed by atoms with Crippen LogP contribution in [0.2, 0.25) is 0 Å². The number of Topliss-reactive ketones (excluding diaryl/α,β-unsaturated/α-hetero) is 1. The summed E-state index contributed by atoms with van der Waals surface area (Å²) in [5.74, 6) is -0.0591. The second kappa shape index (κ2) is 6.86. The van der Waals surface area contributed by atoms with Crippen LogP contribution in [0, 0.1) is 0 Å². The first-order valence-corrected chi connectivity index (χ1v) is 8.01. The van der Waals surface area contributed by atoms with Gasteiger partial charge in [-0.3, -0.25) is 4.79 Å². The quantitative estimate of drug-likeness (QED) is 0.568. The molecular weight excluding hydrogens is 349 g/mol. The molecule has 0 unspecified atom stereocenters. The van der Waals surface area contributed by atoms with E-state index in [1.807, 2.05) is 0 Å². The Kier molecular flexibility index (Phi) is 6.07. The molecule has 0 aromatic heterocycles. The van der Waals surface area contributed by atoms with E-state index in [0.717, 1.165) is 4.90 Å². The van der Waals surface area contributed by atoms with Crippen molar-refractivity contribution in [2.24, 2.45) is 0 Å². The highest BCUT2D eigenvalue weighted by Crippen LogP contribution is 2.38. The molecule has 100 valence electrons. The number of hydrogen-bond acceptors (Lipinski definition) is 3. The number of thioether (sulfide) groups is 2. The summed E-state index contributed by atoms with van der Waals surface area (Å²) in [5.41, 5.74) is -3.70. The van der Waals surface area contributed by atoms with E-state index < -0.39 is 5.51 Å². The van der Waals surface area contributed by atoms with Gasteiger partial charge < -0.3 is 0 Å². The van der Waals surface area contributed by atoms with Gasteiger partial charge in [-0.05, 0) is 41.8 Å². The lowest BCUT2D eigenvalue weighted by atomic mass is 10.1. The molecule has 0 atom stereocenters. The normalized spacial score (nSPS) is 11.6. The maximum atomic E-state index is 12.3. The van der Waals surface area contributed by atoms with Gasteiger partial charge in [0.15, 0.2) is 0 Å². The van der Waals surface area contributed by atoms with Crippen molar-refractivity contribution >= 4 is 45.2 Å². The van der Waals surface area contributed by atoms with E-state index in [4.69, 9.17) is 0 Å². The molecule has 7 heteroatoms. The number of carbonyl (C=O) groups excluding carboxylic acids is 1. The number of ketones is 1. The van der Waals surface area contributed by atoms with Gasteiger partial charge in [-0.1, -0.05) is 15.9 Å². The largest absolute Gasteiger partial charge is 0.446 e. The molecule has 0 fully saturated rings. The minimum atomic E-state index is -4.31. The van der Waals surface area contributed by atoms with Gasteiger partial charge in [0.25, 0.3) is 0 Å². The summed E-state index contributed by atoms with van der Waals surface area (Å²) in [4.78, 5) is 12.1. The first-order valence-electron chi connectivity index (χ1n) is 4.85. The van der Waals surface area contributed by atoms with Gasteiger partial charge in [-0.25, -0.2) is 0 Å². The van der Waals surface area contributed by atoms with Crippen LogP contribution in [0.3, 0.4) is 0 Å². The third-order valence-electron chi connectivity index (χ3n) is 1.96. The average molecular weight is 359 g/mol. The Balaban J connectivity index is 2.98. The fourth-order valence-electron chi connectivity index (χ4n) is 1.32. The van der Waals surface area contributed by atoms with E-state index in [1.54, 1.807) is 12.3 Å². The van der Waals surface area contributed by atoms with Crippen molar-refractivity contribution in [3.05, 3.63) is 23.8 Å². The van der Waals surface area contributed by atoms with E-state index in [0.29, 0.717) is 5.56 Å². The van der Waals surface area contributed by atoms with Crippen LogP contribution in [0.4, 0.5) is 13.2 Å². The Bertz CT molecular complexity index is 435. The molecule has 0 bridgehead atoms. The molecule has 0 spiro atoms. The summed E-state index contributed by atoms with van der Waals surface area (Å²) >= 11 is 4.23. The van der Waals surface area contributed by atoms with E-state index in [9.17, 15) is 18.0 Å². The summed E-state index contributed by atoms with van der Waals surface area (Å²) < 4.78 is 37.0. The van der Waals surface area contributed by atoms with Gasteiger partial charge in [-0.2, -0.15) is 13.2 Å². The summed E-state index contributed by atoms with van der Waals surface area (Å²) in [6.45, 7) is 0. The zero-order valence-electron chi connectivity index (χ0n) is 9.38. The first kappa shape index (κ1) is 15.9. The predicted octanol–water partition coefficient (Wildman–Crippen LogP) is 4.53. The van der Waals surface area contributed by atoms with Crippen molar-refractivity contribution < 1.29 is 18.0 Å². The van der Waals surface area contributed by atoms with Crippen LogP contribution in [-0.4, -0.2) is 22.9 Å². The SMILES string of the molecule is CSc1cc(CC(=O)CBr)cc(SC(F)(F)F)c1. The maximum Gasteiger partial charge on any atom is 0.446 e. The van der Waals surface area contributed by atoms with Crippen molar-refractivity contribution in [3.63, 3.8) is 0 Å². The lowest BCUT2D eigenvalue weighted by Gasteiger charge is -2.09. The highest BCUT2D eigenvalue weighted by atomic mass is 79.9. The Labute approximate surface area is 120 Å². The second-order valence-electron chi connectivity index (χ2n) is 3.41. The van der Waals surface area contributed by atoms with Crippen LogP contribution in [0.15, 0.2) is 28.0 Å². The van der Waals surface area contributed by atoms with E-state index in [2.05, 4.69) is 15.9 Å². The average Bonchev–Trinajstić information content (AvgIpc) is 2.26. The van der Waals surface area contributed by atoms with Crippen LogP contribution >= 0.6 is 39.5 Å². The fraction of sp³-hybridized carbons (Fsp3) is 0.364. The predicted molar refractivity (Wildman–Crippen MR) is 72.6 cm³/mol. The molecule has 18 heavy (non-hydrogen) atoms. The second-order valence-corrected chi connectivity index (χ2v) is 5.99. The molecule has 0 aliphatic carbocycles. The van der Waals surface area contributed by atoms with Crippen molar-refractivity contribution in [1.82, 2.24) is 0 Å². The molecule has 0 aliphatic heterocycles. The lowest BCUT2D eigenvalue weighted by Crippen LogP contribution is -2.04. The lowest BCUT2D eigenvalue weighted by molar-refractivity contribution is -0.115. The number of alkyl halides is 4. The number of carbonyl (C=O) groups is 1. The fourth-order valence-corrected chi connectivity index (χ4v) is 2.77. The van der Waals surface area contributed by atoms with E-state index in [1.165, 1.54) is 23.9 Å². The summed E-state index contributed by atoms with van der Waals surface area (Å²) in [5, 5.41) is 0.207. The molecule has 1 nitrogen and oxygen atoms in total. The van der Waals surface area contributed by atoms with Crippen molar-refractivity contribution in [2.75, 3.05) is 11.6 Å². The third-order valence-corrected chi connectivity index (χ3v) is 3.99. The van der Waals surface area contributed by atoms with E-state index in [-0.39, 0.29) is 34.2 Å². The molecule has 0 amide bonds. The molecule has 0 N–H and O–H groups in total. The molecule has 1 aromatic carbocycles. The number of hydrogen-bond donors (Lipinski definition) is 0. The van der Waals surface area contributed by atoms with Gasteiger partial charge in [0.1, 0.15) is 5.78 Å². The summed E-state index contributed by atoms with van der Waals surface area (Å²) in [7, 11) is 0. The van der Waals surface area contributed by atoms with Crippen LogP contribution < -0.4 is 0 Å². The Morgan fingerprint density at radius 2 is 1.89 bits per heavy atom. The van der Waals surface area contributed by atoms with Crippen LogP contribution in [0.1, 0.15) is 5.56 Å². The monoisotopic (exact) mass is 358 g/mol. The molecule has 0 saturated heterocycles. The van der Waals surface area contributed by atoms with Gasteiger partial charge >= 0.3 is 5.51 Å². The number of rotatable bonds is 5. The molecule has 0 saturated carbocycles. The minimum absolute atomic E-state index is 0.0591. The summed E-state index contributed by atoms with van der Waals surface area (Å²) in [6.07, 6.45) is 1.93. The van der Waals surface area contributed by atoms with Crippen LogP contribution in [-0.2, 0) is 11.2 Å². The topological polar surface area (TPSA) is 17.1 Å². The van der Waals surface area contributed by atoms with Gasteiger partial charge in [0.05, 0.1) is 5.33 Å². The van der Waals surface area contributed by atoms with E-state index >= 15 is 0 Å². The Morgan fingerprint density at radius 1 is 1.28 bits per heavy atom. The molecule has 0 heterocycles. The standard InChI is InChI=1S/C11H10BrF3OS2/c1-17-9-3-7(2-8(16)6-12)4-10(5-9)18-11(13,14)15/h3-5H,2,6H2,1H3. The number of halogens is 4. The zero-order chi connectivity index (χ0) is 13.8. The molecule has 0 radical (unpaired) electrons. The third kappa shape index (κ3) is 5.67. The highest BCUT2D eigenvalue weighted by Gasteiger charge is 2.29. The van der Waals surface area contributed by atoms with Crippen LogP contribution in [0.25, 0.3) is 0 Å². The maximum absolute atomic E-state index is 12.3. The van der Waals surface area contributed by atoms with Gasteiger partial charge in [-0.15, -0.1) is 11.8 Å². The van der Waals surface area contributed by atoms with Crippen molar-refractivity contribution in [2.45, 2.75) is 21.7 Å². The molecule has 0 aliphatic rings. The zero-order valence-corrected chi connectivity index (χ0v) is 12.6. The number of benzene rings is 1. The summed E-state index contributed by atoms with van der Waals surface area (Å²) in [6, 6.07) is 4.63. The Morgan fingerprint density at radius 3 is 2.39 bits per heavy atom. The highest BCUT2D eigenvalue weighted by molar-refractivity contribution is 9.09. The van der Waals surface area contributed by atoms with Gasteiger partial charge in [0, 0.05) is 16.2 Å². The minimum Gasteiger partial charge on any atom is -0.298 e. The smallest absolute Gasteiger partial charge is 0.298 e. The Hall–Kier alpha value is -0.140. The van der Waals surface area contributed by atoms with Crippen molar-refractivity contribution in [1.29, 1.82) is 0 Å². The van der Waals surface area contributed by atoms with Gasteiger partial charge in [0.2, 0.25) is 0 Å². The van der Waals surface area contributed by atoms with Crippen LogP contribution in [0.5, 0.6) is 0 Å².